The molecule has 2 aromatic rings. The fraction of sp³-hybridized carbons (Fsp3) is 0.476. The van der Waals surface area contributed by atoms with Crippen LogP contribution in [-0.2, 0) is 25.2 Å². The zero-order valence-corrected chi connectivity index (χ0v) is 16.9. The molecule has 29 heavy (non-hydrogen) atoms. The van der Waals surface area contributed by atoms with Crippen LogP contribution in [-0.4, -0.2) is 21.6 Å². The first-order valence-corrected chi connectivity index (χ1v) is 9.44. The van der Waals surface area contributed by atoms with Crippen molar-refractivity contribution in [3.63, 3.8) is 0 Å². The van der Waals surface area contributed by atoms with Gasteiger partial charge in [0.25, 0.3) is 5.91 Å². The maximum absolute atomic E-state index is 13.1. The highest BCUT2D eigenvalue weighted by Crippen LogP contribution is 2.32. The van der Waals surface area contributed by atoms with Crippen molar-refractivity contribution >= 4 is 12.2 Å². The van der Waals surface area contributed by atoms with Gasteiger partial charge < -0.3 is 0 Å². The van der Waals surface area contributed by atoms with Crippen LogP contribution >= 0.6 is 0 Å². The van der Waals surface area contributed by atoms with Crippen LogP contribution in [0.4, 0.5) is 13.2 Å². The van der Waals surface area contributed by atoms with Gasteiger partial charge in [-0.25, -0.2) is 0 Å². The van der Waals surface area contributed by atoms with Crippen molar-refractivity contribution < 1.29 is 22.8 Å². The second kappa shape index (κ2) is 7.31. The summed E-state index contributed by atoms with van der Waals surface area (Å²) < 4.78 is 43.0. The Morgan fingerprint density at radius 3 is 2.38 bits per heavy atom. The fourth-order valence-electron chi connectivity index (χ4n) is 3.31. The van der Waals surface area contributed by atoms with E-state index in [1.54, 1.807) is 6.07 Å². The normalized spacial score (nSPS) is 15.6. The van der Waals surface area contributed by atoms with Crippen LogP contribution in [0.15, 0.2) is 29.3 Å². The molecule has 0 spiro atoms. The summed E-state index contributed by atoms with van der Waals surface area (Å²) in [4.78, 5) is 28.2. The molecule has 1 aromatic heterocycles. The first kappa shape index (κ1) is 21.1. The minimum atomic E-state index is -4.62. The molecular weight excluding hydrogens is 383 g/mol. The van der Waals surface area contributed by atoms with Crippen LogP contribution < -0.4 is 5.49 Å². The summed E-state index contributed by atoms with van der Waals surface area (Å²) in [5, 5.41) is 0. The second-order valence-corrected chi connectivity index (χ2v) is 8.52. The molecule has 0 unspecified atom stereocenters. The number of aldehydes is 1. The lowest BCUT2D eigenvalue weighted by atomic mass is 9.92. The Bertz CT molecular complexity index is 1020. The lowest BCUT2D eigenvalue weighted by Gasteiger charge is -2.20. The van der Waals surface area contributed by atoms with Gasteiger partial charge in [0, 0.05) is 36.3 Å². The molecule has 0 saturated heterocycles. The number of halogens is 3. The largest absolute Gasteiger partial charge is 0.416 e. The molecule has 1 aliphatic carbocycles. The third-order valence-corrected chi connectivity index (χ3v) is 5.09. The van der Waals surface area contributed by atoms with Gasteiger partial charge in [0.2, 0.25) is 0 Å². The summed E-state index contributed by atoms with van der Waals surface area (Å²) >= 11 is 0. The van der Waals surface area contributed by atoms with E-state index in [0.29, 0.717) is 30.3 Å². The number of carbonyl (C=O) groups excluding carboxylic acids is 2. The quantitative estimate of drug-likeness (QED) is 0.717. The van der Waals surface area contributed by atoms with Crippen LogP contribution in [0.1, 0.15) is 65.6 Å². The number of hydrogen-bond acceptors (Lipinski definition) is 2. The minimum Gasteiger partial charge on any atom is -0.298 e. The fourth-order valence-corrected chi connectivity index (χ4v) is 3.31. The van der Waals surface area contributed by atoms with Crippen LogP contribution in [0.3, 0.4) is 0 Å². The number of hydrogen-bond donors (Lipinski definition) is 0. The maximum Gasteiger partial charge on any atom is 0.416 e. The highest BCUT2D eigenvalue weighted by molar-refractivity contribution is 6.02. The van der Waals surface area contributed by atoms with E-state index >= 15 is 0 Å². The topological polar surface area (TPSA) is 56.4 Å². The van der Waals surface area contributed by atoms with Crippen molar-refractivity contribution in [1.82, 2.24) is 9.36 Å². The van der Waals surface area contributed by atoms with Gasteiger partial charge in [-0.3, -0.25) is 19.0 Å². The molecule has 0 atom stereocenters. The van der Waals surface area contributed by atoms with Crippen molar-refractivity contribution in [3.05, 3.63) is 52.1 Å². The van der Waals surface area contributed by atoms with Gasteiger partial charge >= 0.3 is 6.18 Å². The van der Waals surface area contributed by atoms with Crippen LogP contribution in [0, 0.1) is 5.92 Å². The molecule has 1 saturated carbocycles. The van der Waals surface area contributed by atoms with Crippen LogP contribution in [0.5, 0.6) is 0 Å². The Kier molecular flexibility index (Phi) is 5.32. The van der Waals surface area contributed by atoms with Crippen molar-refractivity contribution in [3.8, 4) is 0 Å². The molecule has 1 fully saturated rings. The van der Waals surface area contributed by atoms with Gasteiger partial charge in [-0.05, 0) is 30.9 Å². The summed E-state index contributed by atoms with van der Waals surface area (Å²) in [7, 11) is 1.88. The van der Waals surface area contributed by atoms with Gasteiger partial charge in [0.05, 0.1) is 11.1 Å². The second-order valence-electron chi connectivity index (χ2n) is 8.52. The minimum absolute atomic E-state index is 0.118. The van der Waals surface area contributed by atoms with E-state index in [0.717, 1.165) is 30.7 Å². The molecule has 5 nitrogen and oxygen atoms in total. The molecule has 1 amide bonds. The number of rotatable bonds is 4. The van der Waals surface area contributed by atoms with E-state index in [9.17, 15) is 22.8 Å². The summed E-state index contributed by atoms with van der Waals surface area (Å²) in [6.07, 6.45) is -2.06. The Morgan fingerprint density at radius 2 is 1.86 bits per heavy atom. The van der Waals surface area contributed by atoms with Crippen molar-refractivity contribution in [2.24, 2.45) is 18.0 Å². The smallest absolute Gasteiger partial charge is 0.298 e. The van der Waals surface area contributed by atoms with Gasteiger partial charge in [-0.1, -0.05) is 26.8 Å². The Hall–Kier alpha value is -2.64. The van der Waals surface area contributed by atoms with Crippen molar-refractivity contribution in [2.45, 2.75) is 51.7 Å². The van der Waals surface area contributed by atoms with Crippen LogP contribution in [0.2, 0.25) is 0 Å². The number of nitrogens with zero attached hydrogens (tertiary/aromatic N) is 3. The van der Waals surface area contributed by atoms with Gasteiger partial charge in [-0.15, -0.1) is 0 Å². The Morgan fingerprint density at radius 1 is 1.21 bits per heavy atom. The van der Waals surface area contributed by atoms with Crippen molar-refractivity contribution in [1.29, 1.82) is 0 Å². The molecule has 1 heterocycles. The monoisotopic (exact) mass is 407 g/mol. The van der Waals surface area contributed by atoms with Crippen LogP contribution in [0.25, 0.3) is 0 Å². The number of aromatic nitrogens is 2. The summed E-state index contributed by atoms with van der Waals surface area (Å²) in [5.41, 5.74) is -0.341. The number of carbonyl (C=O) groups is 2. The molecule has 1 aliphatic rings. The first-order valence-electron chi connectivity index (χ1n) is 9.44. The van der Waals surface area contributed by atoms with Gasteiger partial charge in [0.1, 0.15) is 0 Å². The zero-order valence-electron chi connectivity index (χ0n) is 16.9. The van der Waals surface area contributed by atoms with E-state index in [-0.39, 0.29) is 16.5 Å². The molecule has 1 aromatic carbocycles. The molecule has 3 rings (SSSR count). The van der Waals surface area contributed by atoms with E-state index in [4.69, 9.17) is 0 Å². The first-order chi connectivity index (χ1) is 13.4. The van der Waals surface area contributed by atoms with Gasteiger partial charge in [-0.2, -0.15) is 18.2 Å². The number of amides is 1. The highest BCUT2D eigenvalue weighted by Gasteiger charge is 2.32. The predicted octanol–water partition coefficient (Wildman–Crippen LogP) is 4.11. The molecule has 0 radical (unpaired) electrons. The highest BCUT2D eigenvalue weighted by atomic mass is 19.4. The number of benzene rings is 1. The lowest BCUT2D eigenvalue weighted by Crippen LogP contribution is -2.26. The van der Waals surface area contributed by atoms with E-state index in [1.807, 2.05) is 37.2 Å². The zero-order chi connectivity index (χ0) is 21.6. The molecule has 0 bridgehead atoms. The van der Waals surface area contributed by atoms with E-state index < -0.39 is 17.6 Å². The molecule has 8 heteroatoms. The number of alkyl halides is 3. The molecule has 0 aliphatic heterocycles. The molecular formula is C21H24F3N3O2. The third-order valence-electron chi connectivity index (χ3n) is 5.09. The standard InChI is InChI=1S/C21H24F3N3O2/c1-20(2,3)17-10-18(27(26(17)4)11-13-5-6-13)25-19(29)16-9-15(21(22,23)24)8-7-14(16)12-28/h7-10,12-13H,5-6,11H2,1-4H3/b25-18-. The van der Waals surface area contributed by atoms with E-state index in [1.165, 1.54) is 0 Å². The lowest BCUT2D eigenvalue weighted by molar-refractivity contribution is -0.137. The SMILES string of the molecule is Cn1c(C(C)(C)C)c/c(=N/C(=O)c2cc(C(F)(F)F)ccc2C=O)n1CC1CC1. The van der Waals surface area contributed by atoms with Crippen molar-refractivity contribution in [2.75, 3.05) is 0 Å². The summed E-state index contributed by atoms with van der Waals surface area (Å²) in [6, 6.07) is 4.26. The average Bonchev–Trinajstić information content (AvgIpc) is 3.38. The molecule has 156 valence electrons. The Labute approximate surface area is 166 Å². The average molecular weight is 407 g/mol. The molecule has 0 N–H and O–H groups in total. The summed E-state index contributed by atoms with van der Waals surface area (Å²) in [6.45, 7) is 6.79. The third kappa shape index (κ3) is 4.52. The Balaban J connectivity index is 2.13. The maximum atomic E-state index is 13.1. The van der Waals surface area contributed by atoms with Gasteiger partial charge in [0.15, 0.2) is 11.8 Å². The predicted molar refractivity (Wildman–Crippen MR) is 102 cm³/mol. The summed E-state index contributed by atoms with van der Waals surface area (Å²) in [5.74, 6) is -0.363. The van der Waals surface area contributed by atoms with E-state index in [2.05, 4.69) is 4.99 Å².